The third-order valence-electron chi connectivity index (χ3n) is 3.01. The van der Waals surface area contributed by atoms with E-state index in [0.29, 0.717) is 32.1 Å². The number of anilines is 1. The van der Waals surface area contributed by atoms with Crippen molar-refractivity contribution in [2.24, 2.45) is 7.05 Å². The van der Waals surface area contributed by atoms with Crippen LogP contribution >= 0.6 is 27.5 Å². The Labute approximate surface area is 140 Å². The van der Waals surface area contributed by atoms with Gasteiger partial charge in [0.15, 0.2) is 0 Å². The highest BCUT2D eigenvalue weighted by atomic mass is 79.9. The Kier molecular flexibility index (Phi) is 4.87. The molecule has 0 aliphatic heterocycles. The minimum absolute atomic E-state index is 0.296. The van der Waals surface area contributed by atoms with E-state index in [0.717, 1.165) is 0 Å². The molecule has 1 aromatic carbocycles. The van der Waals surface area contributed by atoms with Gasteiger partial charge < -0.3 is 10.1 Å². The Morgan fingerprint density at radius 1 is 1.41 bits per heavy atom. The lowest BCUT2D eigenvalue weighted by Crippen LogP contribution is -2.14. The summed E-state index contributed by atoms with van der Waals surface area (Å²) in [6, 6.07) is 4.51. The number of aromatic nitrogens is 2. The number of methoxy groups -OCH3 is 1. The van der Waals surface area contributed by atoms with E-state index < -0.39 is 5.97 Å². The zero-order valence-electron chi connectivity index (χ0n) is 12.1. The molecule has 2 rings (SSSR count). The monoisotopic (exact) mass is 385 g/mol. The molecule has 0 unspecified atom stereocenters. The maximum absolute atomic E-state index is 12.4. The molecule has 0 saturated heterocycles. The van der Waals surface area contributed by atoms with Gasteiger partial charge in [0.25, 0.3) is 5.91 Å². The minimum atomic E-state index is -0.508. The van der Waals surface area contributed by atoms with Gasteiger partial charge in [-0.1, -0.05) is 11.6 Å². The molecule has 116 valence electrons. The second kappa shape index (κ2) is 6.50. The van der Waals surface area contributed by atoms with E-state index in [1.54, 1.807) is 18.7 Å². The van der Waals surface area contributed by atoms with Crippen LogP contribution in [0.4, 0.5) is 5.69 Å². The number of rotatable bonds is 3. The zero-order valence-corrected chi connectivity index (χ0v) is 14.4. The van der Waals surface area contributed by atoms with Gasteiger partial charge in [-0.25, -0.2) is 4.79 Å². The molecule has 2 aromatic rings. The second-order valence-corrected chi connectivity index (χ2v) is 5.67. The molecule has 1 aromatic heterocycles. The largest absolute Gasteiger partial charge is 0.465 e. The quantitative estimate of drug-likeness (QED) is 0.822. The van der Waals surface area contributed by atoms with E-state index in [-0.39, 0.29) is 5.91 Å². The number of nitrogens with one attached hydrogen (secondary N) is 1. The van der Waals surface area contributed by atoms with E-state index in [1.165, 1.54) is 25.3 Å². The molecule has 8 heteroatoms. The Balaban J connectivity index is 2.34. The van der Waals surface area contributed by atoms with Crippen molar-refractivity contribution in [1.29, 1.82) is 0 Å². The van der Waals surface area contributed by atoms with Gasteiger partial charge in [-0.05, 0) is 41.1 Å². The van der Waals surface area contributed by atoms with Crippen molar-refractivity contribution < 1.29 is 14.3 Å². The zero-order chi connectivity index (χ0) is 16.4. The second-order valence-electron chi connectivity index (χ2n) is 4.52. The van der Waals surface area contributed by atoms with Gasteiger partial charge in [0, 0.05) is 7.05 Å². The van der Waals surface area contributed by atoms with Crippen LogP contribution in [-0.2, 0) is 11.8 Å². The first-order valence-corrected chi connectivity index (χ1v) is 7.40. The molecule has 0 aliphatic carbocycles. The molecule has 6 nitrogen and oxygen atoms in total. The molecule has 1 heterocycles. The van der Waals surface area contributed by atoms with Crippen LogP contribution < -0.4 is 5.32 Å². The maximum atomic E-state index is 12.4. The number of aryl methyl sites for hydroxylation is 2. The lowest BCUT2D eigenvalue weighted by atomic mass is 10.2. The summed E-state index contributed by atoms with van der Waals surface area (Å²) in [7, 11) is 3.00. The van der Waals surface area contributed by atoms with Crippen molar-refractivity contribution in [3.05, 3.63) is 44.6 Å². The fourth-order valence-corrected chi connectivity index (χ4v) is 2.65. The molecule has 22 heavy (non-hydrogen) atoms. The average molecular weight is 387 g/mol. The molecule has 0 saturated carbocycles. The fourth-order valence-electron chi connectivity index (χ4n) is 1.94. The van der Waals surface area contributed by atoms with Gasteiger partial charge in [-0.3, -0.25) is 9.48 Å². The third kappa shape index (κ3) is 3.15. The first-order chi connectivity index (χ1) is 10.3. The molecule has 0 fully saturated rings. The topological polar surface area (TPSA) is 73.2 Å². The van der Waals surface area contributed by atoms with Crippen LogP contribution in [0.25, 0.3) is 0 Å². The number of carbonyl (C=O) groups excluding carboxylic acids is 2. The highest BCUT2D eigenvalue weighted by Crippen LogP contribution is 2.26. The van der Waals surface area contributed by atoms with E-state index in [2.05, 4.69) is 31.1 Å². The molecular formula is C14H13BrClN3O3. The van der Waals surface area contributed by atoms with Crippen LogP contribution in [0.15, 0.2) is 22.8 Å². The van der Waals surface area contributed by atoms with Crippen LogP contribution in [0.5, 0.6) is 0 Å². The number of benzene rings is 1. The van der Waals surface area contributed by atoms with Crippen LogP contribution in [-0.4, -0.2) is 28.8 Å². The van der Waals surface area contributed by atoms with Gasteiger partial charge in [-0.2, -0.15) is 5.10 Å². The number of carbonyl (C=O) groups is 2. The predicted octanol–water partition coefficient (Wildman–Crippen LogP) is 3.18. The van der Waals surface area contributed by atoms with Gasteiger partial charge in [-0.15, -0.1) is 0 Å². The van der Waals surface area contributed by atoms with E-state index in [4.69, 9.17) is 11.6 Å². The molecule has 0 bridgehead atoms. The molecular weight excluding hydrogens is 374 g/mol. The predicted molar refractivity (Wildman–Crippen MR) is 86.4 cm³/mol. The van der Waals surface area contributed by atoms with Crippen LogP contribution in [0, 0.1) is 6.92 Å². The van der Waals surface area contributed by atoms with Crippen LogP contribution in [0.3, 0.4) is 0 Å². The summed E-state index contributed by atoms with van der Waals surface area (Å²) >= 11 is 9.38. The number of hydrogen-bond acceptors (Lipinski definition) is 4. The van der Waals surface area contributed by atoms with Gasteiger partial charge in [0.1, 0.15) is 4.60 Å². The number of ether oxygens (including phenoxy) is 1. The minimum Gasteiger partial charge on any atom is -0.465 e. The standard InChI is InChI=1S/C14H13BrClN3O3/c1-7-11(12(15)19(2)18-7)13(20)17-10-6-8(14(21)22-3)4-5-9(10)16/h4-6H,1-3H3,(H,17,20). The first-order valence-electron chi connectivity index (χ1n) is 6.23. The van der Waals surface area contributed by atoms with Crippen LogP contribution in [0.2, 0.25) is 5.02 Å². The lowest BCUT2D eigenvalue weighted by molar-refractivity contribution is 0.0600. The maximum Gasteiger partial charge on any atom is 0.337 e. The number of hydrogen-bond donors (Lipinski definition) is 1. The highest BCUT2D eigenvalue weighted by Gasteiger charge is 2.20. The summed E-state index contributed by atoms with van der Waals surface area (Å²) in [5.74, 6) is -0.882. The van der Waals surface area contributed by atoms with Crippen molar-refractivity contribution in [3.63, 3.8) is 0 Å². The molecule has 0 spiro atoms. The summed E-state index contributed by atoms with van der Waals surface area (Å²) < 4.78 is 6.76. The number of nitrogens with zero attached hydrogens (tertiary/aromatic N) is 2. The third-order valence-corrected chi connectivity index (χ3v) is 4.25. The average Bonchev–Trinajstić information content (AvgIpc) is 2.73. The number of halogens is 2. The SMILES string of the molecule is COC(=O)c1ccc(Cl)c(NC(=O)c2c(C)nn(C)c2Br)c1. The summed E-state index contributed by atoms with van der Waals surface area (Å²) in [4.78, 5) is 23.9. The number of esters is 1. The first kappa shape index (κ1) is 16.5. The van der Waals surface area contributed by atoms with Gasteiger partial charge in [0.2, 0.25) is 0 Å². The van der Waals surface area contributed by atoms with Crippen molar-refractivity contribution in [2.45, 2.75) is 6.92 Å². The van der Waals surface area contributed by atoms with E-state index >= 15 is 0 Å². The van der Waals surface area contributed by atoms with Crippen molar-refractivity contribution >= 4 is 45.1 Å². The van der Waals surface area contributed by atoms with E-state index in [9.17, 15) is 9.59 Å². The molecule has 0 radical (unpaired) electrons. The Morgan fingerprint density at radius 2 is 2.09 bits per heavy atom. The molecule has 1 amide bonds. The smallest absolute Gasteiger partial charge is 0.337 e. The van der Waals surface area contributed by atoms with Crippen molar-refractivity contribution in [2.75, 3.05) is 12.4 Å². The van der Waals surface area contributed by atoms with Gasteiger partial charge in [0.05, 0.1) is 34.6 Å². The Hall–Kier alpha value is -1.86. The lowest BCUT2D eigenvalue weighted by Gasteiger charge is -2.09. The summed E-state index contributed by atoms with van der Waals surface area (Å²) in [6.45, 7) is 1.73. The van der Waals surface area contributed by atoms with Crippen molar-refractivity contribution in [3.8, 4) is 0 Å². The summed E-state index contributed by atoms with van der Waals surface area (Å²) in [5.41, 5.74) is 1.60. The van der Waals surface area contributed by atoms with Crippen LogP contribution in [0.1, 0.15) is 26.4 Å². The molecule has 0 atom stereocenters. The normalized spacial score (nSPS) is 10.4. The van der Waals surface area contributed by atoms with Gasteiger partial charge >= 0.3 is 5.97 Å². The molecule has 0 aliphatic rings. The fraction of sp³-hybridized carbons (Fsp3) is 0.214. The molecule has 1 N–H and O–H groups in total. The Bertz CT molecular complexity index is 758. The van der Waals surface area contributed by atoms with Crippen molar-refractivity contribution in [1.82, 2.24) is 9.78 Å². The highest BCUT2D eigenvalue weighted by molar-refractivity contribution is 9.10. The number of amides is 1. The summed E-state index contributed by atoms with van der Waals surface area (Å²) in [5, 5.41) is 7.15. The Morgan fingerprint density at radius 3 is 2.64 bits per heavy atom. The van der Waals surface area contributed by atoms with E-state index in [1.807, 2.05) is 0 Å². The summed E-state index contributed by atoms with van der Waals surface area (Å²) in [6.07, 6.45) is 0.